The number of nitrogens with zero attached hydrogens (tertiary/aromatic N) is 2. The van der Waals surface area contributed by atoms with Crippen LogP contribution in [0.2, 0.25) is 0 Å². The first-order valence-electron chi connectivity index (χ1n) is 10.4. The topological polar surface area (TPSA) is 74.3 Å². The molecule has 32 heavy (non-hydrogen) atoms. The van der Waals surface area contributed by atoms with E-state index >= 15 is 0 Å². The highest BCUT2D eigenvalue weighted by atomic mass is 32.2. The smallest absolute Gasteiger partial charge is 0.265 e. The summed E-state index contributed by atoms with van der Waals surface area (Å²) in [6.07, 6.45) is 6.64. The number of fused-ring (bicyclic) bond motifs is 3. The van der Waals surface area contributed by atoms with Crippen LogP contribution in [-0.2, 0) is 10.2 Å². The van der Waals surface area contributed by atoms with Gasteiger partial charge in [-0.25, -0.2) is 4.39 Å². The lowest BCUT2D eigenvalue weighted by Gasteiger charge is -2.39. The molecule has 0 atom stereocenters. The quantitative estimate of drug-likeness (QED) is 0.417. The van der Waals surface area contributed by atoms with Gasteiger partial charge in [-0.1, -0.05) is 6.42 Å². The van der Waals surface area contributed by atoms with E-state index in [4.69, 9.17) is 0 Å². The van der Waals surface area contributed by atoms with Gasteiger partial charge < -0.3 is 14.8 Å². The van der Waals surface area contributed by atoms with Crippen LogP contribution in [0.1, 0.15) is 35.2 Å². The second-order valence-electron chi connectivity index (χ2n) is 7.99. The molecule has 0 saturated heterocycles. The molecule has 1 aliphatic carbocycles. The van der Waals surface area contributed by atoms with E-state index in [-0.39, 0.29) is 5.91 Å². The number of amides is 1. The van der Waals surface area contributed by atoms with E-state index in [0.29, 0.717) is 33.2 Å². The van der Waals surface area contributed by atoms with Crippen LogP contribution in [-0.4, -0.2) is 24.2 Å². The number of nitrogens with one attached hydrogen (secondary N) is 2. The fraction of sp³-hybridized carbons (Fsp3) is 0.208. The second-order valence-corrected chi connectivity index (χ2v) is 8.84. The molecule has 0 unspecified atom stereocenters. The van der Waals surface area contributed by atoms with E-state index in [9.17, 15) is 14.0 Å². The summed E-state index contributed by atoms with van der Waals surface area (Å²) in [5.41, 5.74) is 2.87. The van der Waals surface area contributed by atoms with Crippen molar-refractivity contribution in [1.29, 1.82) is 0 Å². The largest absolute Gasteiger partial charge is 0.387 e. The Balaban J connectivity index is 1.77. The van der Waals surface area contributed by atoms with Crippen molar-refractivity contribution in [2.45, 2.75) is 29.6 Å². The summed E-state index contributed by atoms with van der Waals surface area (Å²) in [4.78, 5) is 32.5. The van der Waals surface area contributed by atoms with Crippen molar-refractivity contribution in [3.05, 3.63) is 71.8 Å². The third kappa shape index (κ3) is 3.22. The molecule has 8 heteroatoms. The predicted octanol–water partition coefficient (Wildman–Crippen LogP) is 5.29. The standard InChI is InChI=1S/C24H21FN4O2S/c1-26-22-18-11-16(12-19(22)24(14-30)7-3-8-24)28-32-21-6-5-15(25)10-20(21)29(23(18)31)17-4-2-9-27-13-17/h2,4-6,9-14,26,28H,3,7-8H2,1H3. The number of aromatic nitrogens is 1. The van der Waals surface area contributed by atoms with Crippen LogP contribution in [0.15, 0.2) is 59.8 Å². The molecule has 0 radical (unpaired) electrons. The summed E-state index contributed by atoms with van der Waals surface area (Å²) in [7, 11) is 1.75. The Bertz CT molecular complexity index is 1210. The third-order valence-electron chi connectivity index (χ3n) is 6.17. The first kappa shape index (κ1) is 20.5. The Kier molecular flexibility index (Phi) is 5.09. The maximum absolute atomic E-state index is 14.3. The minimum atomic E-state index is -0.609. The molecule has 6 nitrogen and oxygen atoms in total. The average Bonchev–Trinajstić information content (AvgIpc) is 2.82. The highest BCUT2D eigenvalue weighted by Gasteiger charge is 2.42. The fourth-order valence-corrected chi connectivity index (χ4v) is 5.11. The van der Waals surface area contributed by atoms with E-state index in [1.54, 1.807) is 43.7 Å². The summed E-state index contributed by atoms with van der Waals surface area (Å²) >= 11 is 1.29. The lowest BCUT2D eigenvalue weighted by atomic mass is 9.64. The molecule has 2 bridgehead atoms. The van der Waals surface area contributed by atoms with Gasteiger partial charge in [-0.05, 0) is 72.8 Å². The van der Waals surface area contributed by atoms with Crippen molar-refractivity contribution >= 4 is 46.9 Å². The number of anilines is 4. The molecule has 2 heterocycles. The van der Waals surface area contributed by atoms with Gasteiger partial charge in [-0.2, -0.15) is 0 Å². The Hall–Kier alpha value is -3.39. The zero-order valence-corrected chi connectivity index (χ0v) is 18.2. The molecule has 1 aliphatic heterocycles. The number of rotatable bonds is 4. The SMILES string of the molecule is CNc1c2cc(cc1C1(C=O)CCC1)NSc1ccc(F)cc1N(c1cccnc1)C2=O. The van der Waals surface area contributed by atoms with Crippen molar-refractivity contribution in [1.82, 2.24) is 4.98 Å². The predicted molar refractivity (Wildman–Crippen MR) is 124 cm³/mol. The zero-order chi connectivity index (χ0) is 22.3. The van der Waals surface area contributed by atoms with Crippen LogP contribution >= 0.6 is 11.9 Å². The Labute approximate surface area is 189 Å². The van der Waals surface area contributed by atoms with Crippen molar-refractivity contribution in [3.63, 3.8) is 0 Å². The highest BCUT2D eigenvalue weighted by molar-refractivity contribution is 8.00. The zero-order valence-electron chi connectivity index (χ0n) is 17.4. The van der Waals surface area contributed by atoms with Gasteiger partial charge in [0, 0.05) is 18.9 Å². The molecule has 2 aliphatic rings. The fourth-order valence-electron chi connectivity index (χ4n) is 4.38. The Morgan fingerprint density at radius 2 is 2.09 bits per heavy atom. The third-order valence-corrected chi connectivity index (χ3v) is 7.08. The number of benzene rings is 2. The van der Waals surface area contributed by atoms with Gasteiger partial charge in [0.15, 0.2) is 0 Å². The molecule has 5 rings (SSSR count). The van der Waals surface area contributed by atoms with E-state index < -0.39 is 11.2 Å². The Morgan fingerprint density at radius 1 is 1.25 bits per heavy atom. The molecule has 0 spiro atoms. The molecule has 2 aromatic carbocycles. The maximum Gasteiger partial charge on any atom is 0.265 e. The second kappa shape index (κ2) is 7.94. The van der Waals surface area contributed by atoms with E-state index in [2.05, 4.69) is 15.0 Å². The lowest BCUT2D eigenvalue weighted by Crippen LogP contribution is -2.37. The van der Waals surface area contributed by atoms with Gasteiger partial charge in [0.1, 0.15) is 12.1 Å². The molecular weight excluding hydrogens is 427 g/mol. The minimum Gasteiger partial charge on any atom is -0.387 e. The minimum absolute atomic E-state index is 0.332. The summed E-state index contributed by atoms with van der Waals surface area (Å²) in [5, 5.41) is 3.16. The first-order valence-corrected chi connectivity index (χ1v) is 11.2. The molecular formula is C24H21FN4O2S. The summed E-state index contributed by atoms with van der Waals surface area (Å²) in [6, 6.07) is 11.6. The van der Waals surface area contributed by atoms with Gasteiger partial charge in [0.05, 0.1) is 39.1 Å². The number of pyridine rings is 1. The van der Waals surface area contributed by atoms with Crippen LogP contribution in [0, 0.1) is 5.82 Å². The van der Waals surface area contributed by atoms with E-state index in [1.807, 2.05) is 6.07 Å². The lowest BCUT2D eigenvalue weighted by molar-refractivity contribution is -0.115. The van der Waals surface area contributed by atoms with Gasteiger partial charge >= 0.3 is 0 Å². The summed E-state index contributed by atoms with van der Waals surface area (Å²) in [6.45, 7) is 0. The molecule has 162 valence electrons. The summed E-state index contributed by atoms with van der Waals surface area (Å²) in [5.74, 6) is -0.775. The monoisotopic (exact) mass is 448 g/mol. The van der Waals surface area contributed by atoms with Crippen LogP contribution in [0.4, 0.5) is 27.1 Å². The molecule has 1 amide bonds. The first-order chi connectivity index (χ1) is 15.6. The molecule has 1 saturated carbocycles. The average molecular weight is 449 g/mol. The number of carbonyl (C=O) groups excluding carboxylic acids is 2. The number of halogens is 1. The maximum atomic E-state index is 14.3. The molecule has 1 fully saturated rings. The van der Waals surface area contributed by atoms with Crippen LogP contribution in [0.5, 0.6) is 0 Å². The van der Waals surface area contributed by atoms with Crippen LogP contribution in [0.25, 0.3) is 0 Å². The normalized spacial score (nSPS) is 16.6. The number of aldehydes is 1. The number of carbonyl (C=O) groups is 2. The van der Waals surface area contributed by atoms with Gasteiger partial charge in [-0.3, -0.25) is 14.7 Å². The van der Waals surface area contributed by atoms with Gasteiger partial charge in [0.25, 0.3) is 5.91 Å². The van der Waals surface area contributed by atoms with Crippen molar-refractivity contribution in [3.8, 4) is 0 Å². The van der Waals surface area contributed by atoms with Crippen molar-refractivity contribution in [2.24, 2.45) is 0 Å². The Morgan fingerprint density at radius 3 is 2.75 bits per heavy atom. The van der Waals surface area contributed by atoms with Gasteiger partial charge in [-0.15, -0.1) is 0 Å². The number of hydrogen-bond acceptors (Lipinski definition) is 6. The van der Waals surface area contributed by atoms with E-state index in [1.165, 1.54) is 29.0 Å². The van der Waals surface area contributed by atoms with Gasteiger partial charge in [0.2, 0.25) is 0 Å². The molecule has 1 aromatic heterocycles. The molecule has 3 aromatic rings. The van der Waals surface area contributed by atoms with Crippen molar-refractivity contribution in [2.75, 3.05) is 22.0 Å². The van der Waals surface area contributed by atoms with Crippen LogP contribution in [0.3, 0.4) is 0 Å². The van der Waals surface area contributed by atoms with Crippen LogP contribution < -0.4 is 14.9 Å². The van der Waals surface area contributed by atoms with E-state index in [0.717, 1.165) is 31.1 Å². The summed E-state index contributed by atoms with van der Waals surface area (Å²) < 4.78 is 17.6. The highest BCUT2D eigenvalue weighted by Crippen LogP contribution is 2.48. The van der Waals surface area contributed by atoms with Crippen molar-refractivity contribution < 1.29 is 14.0 Å². The molecule has 2 N–H and O–H groups in total. The number of hydrogen-bond donors (Lipinski definition) is 2.